The van der Waals surface area contributed by atoms with Gasteiger partial charge in [0.2, 0.25) is 5.91 Å². The summed E-state index contributed by atoms with van der Waals surface area (Å²) in [5.74, 6) is -0.203. The molecule has 1 atom stereocenters. The minimum Gasteiger partial charge on any atom is -0.467 e. The number of piperazine rings is 1. The Hall–Kier alpha value is -1.14. The van der Waals surface area contributed by atoms with E-state index in [1.807, 2.05) is 27.7 Å². The lowest BCUT2D eigenvalue weighted by Gasteiger charge is -2.40. The molecule has 0 aromatic carbocycles. The summed E-state index contributed by atoms with van der Waals surface area (Å²) in [4.78, 5) is 26.6. The van der Waals surface area contributed by atoms with Crippen LogP contribution in [0.15, 0.2) is 0 Å². The zero-order valence-corrected chi connectivity index (χ0v) is 13.9. The molecule has 0 saturated carbocycles. The molecule has 1 rings (SSSR count). The summed E-state index contributed by atoms with van der Waals surface area (Å²) in [5.41, 5.74) is -0.634. The fraction of sp³-hybridized carbons (Fsp3) is 0.867. The number of carbonyl (C=O) groups excluding carboxylic acids is 2. The molecule has 1 amide bonds. The van der Waals surface area contributed by atoms with Gasteiger partial charge in [0.15, 0.2) is 0 Å². The Morgan fingerprint density at radius 2 is 1.86 bits per heavy atom. The van der Waals surface area contributed by atoms with Gasteiger partial charge in [0.05, 0.1) is 12.6 Å². The number of nitrogens with zero attached hydrogens (tertiary/aromatic N) is 1. The van der Waals surface area contributed by atoms with E-state index >= 15 is 0 Å². The average Bonchev–Trinajstić information content (AvgIpc) is 2.46. The number of hydrogen-bond donors (Lipinski definition) is 2. The van der Waals surface area contributed by atoms with Crippen LogP contribution >= 0.6 is 0 Å². The molecule has 21 heavy (non-hydrogen) atoms. The molecule has 0 aliphatic carbocycles. The van der Waals surface area contributed by atoms with E-state index < -0.39 is 11.6 Å². The van der Waals surface area contributed by atoms with Crippen molar-refractivity contribution in [2.75, 3.05) is 33.3 Å². The van der Waals surface area contributed by atoms with Crippen molar-refractivity contribution >= 4 is 11.9 Å². The molecule has 1 aliphatic heterocycles. The number of esters is 1. The molecule has 0 spiro atoms. The van der Waals surface area contributed by atoms with E-state index in [0.717, 1.165) is 26.2 Å². The van der Waals surface area contributed by atoms with Crippen LogP contribution in [0, 0.1) is 5.92 Å². The van der Waals surface area contributed by atoms with Crippen LogP contribution in [0.5, 0.6) is 0 Å². The topological polar surface area (TPSA) is 70.7 Å². The van der Waals surface area contributed by atoms with Crippen molar-refractivity contribution < 1.29 is 14.3 Å². The molecule has 0 aromatic heterocycles. The van der Waals surface area contributed by atoms with Gasteiger partial charge in [-0.1, -0.05) is 13.8 Å². The summed E-state index contributed by atoms with van der Waals surface area (Å²) in [5, 5.41) is 6.13. The number of hydrogen-bond acceptors (Lipinski definition) is 5. The predicted octanol–water partition coefficient (Wildman–Crippen LogP) is 0.374. The van der Waals surface area contributed by atoms with Crippen molar-refractivity contribution in [3.05, 3.63) is 0 Å². The smallest absolute Gasteiger partial charge is 0.328 e. The van der Waals surface area contributed by atoms with E-state index in [2.05, 4.69) is 15.5 Å². The first kappa shape index (κ1) is 17.9. The fourth-order valence-electron chi connectivity index (χ4n) is 2.53. The highest BCUT2D eigenvalue weighted by atomic mass is 16.5. The first-order chi connectivity index (χ1) is 9.78. The Bertz CT molecular complexity index is 363. The van der Waals surface area contributed by atoms with E-state index in [-0.39, 0.29) is 11.9 Å². The SMILES string of the molecule is COC(=O)[C@H](CC(C)C)NC(=O)C(C)(C)N1CCNCC1. The van der Waals surface area contributed by atoms with E-state index in [9.17, 15) is 9.59 Å². The Balaban J connectivity index is 2.72. The van der Waals surface area contributed by atoms with E-state index in [1.54, 1.807) is 0 Å². The normalized spacial score (nSPS) is 18.4. The zero-order valence-electron chi connectivity index (χ0n) is 13.9. The van der Waals surface area contributed by atoms with E-state index in [4.69, 9.17) is 4.74 Å². The Labute approximate surface area is 127 Å². The van der Waals surface area contributed by atoms with E-state index in [0.29, 0.717) is 12.3 Å². The van der Waals surface area contributed by atoms with Gasteiger partial charge in [0.1, 0.15) is 6.04 Å². The second-order valence-corrected chi connectivity index (χ2v) is 6.47. The second kappa shape index (κ2) is 7.75. The Kier molecular flexibility index (Phi) is 6.61. The summed E-state index contributed by atoms with van der Waals surface area (Å²) >= 11 is 0. The van der Waals surface area contributed by atoms with Gasteiger partial charge < -0.3 is 15.4 Å². The number of rotatable bonds is 6. The first-order valence-electron chi connectivity index (χ1n) is 7.63. The van der Waals surface area contributed by atoms with Crippen molar-refractivity contribution in [3.63, 3.8) is 0 Å². The Morgan fingerprint density at radius 3 is 2.33 bits per heavy atom. The zero-order chi connectivity index (χ0) is 16.0. The highest BCUT2D eigenvalue weighted by molar-refractivity contribution is 5.89. The molecule has 0 unspecified atom stereocenters. The van der Waals surface area contributed by atoms with Crippen molar-refractivity contribution in [2.24, 2.45) is 5.92 Å². The largest absolute Gasteiger partial charge is 0.467 e. The monoisotopic (exact) mass is 299 g/mol. The number of amides is 1. The maximum Gasteiger partial charge on any atom is 0.328 e. The maximum absolute atomic E-state index is 12.6. The average molecular weight is 299 g/mol. The summed E-state index contributed by atoms with van der Waals surface area (Å²) < 4.78 is 4.80. The highest BCUT2D eigenvalue weighted by Crippen LogP contribution is 2.16. The standard InChI is InChI=1S/C15H29N3O3/c1-11(2)10-12(13(19)21-5)17-14(20)15(3,4)18-8-6-16-7-9-18/h11-12,16H,6-10H2,1-5H3,(H,17,20)/t12-/m0/s1. The predicted molar refractivity (Wildman–Crippen MR) is 81.9 cm³/mol. The quantitative estimate of drug-likeness (QED) is 0.694. The van der Waals surface area contributed by atoms with Crippen LogP contribution in [0.2, 0.25) is 0 Å². The van der Waals surface area contributed by atoms with Crippen LogP contribution in [-0.4, -0.2) is 61.6 Å². The lowest BCUT2D eigenvalue weighted by Crippen LogP contribution is -2.61. The molecule has 122 valence electrons. The molecule has 0 bridgehead atoms. The van der Waals surface area contributed by atoms with Crippen LogP contribution in [-0.2, 0) is 14.3 Å². The third kappa shape index (κ3) is 4.97. The number of carbonyl (C=O) groups is 2. The molecular weight excluding hydrogens is 270 g/mol. The second-order valence-electron chi connectivity index (χ2n) is 6.47. The highest BCUT2D eigenvalue weighted by Gasteiger charge is 2.37. The van der Waals surface area contributed by atoms with Crippen molar-refractivity contribution in [2.45, 2.75) is 45.7 Å². The molecule has 1 fully saturated rings. The molecule has 2 N–H and O–H groups in total. The van der Waals surface area contributed by atoms with E-state index in [1.165, 1.54) is 7.11 Å². The van der Waals surface area contributed by atoms with Crippen LogP contribution in [0.1, 0.15) is 34.1 Å². The molecule has 6 nitrogen and oxygen atoms in total. The number of ether oxygens (including phenoxy) is 1. The molecule has 0 aromatic rings. The van der Waals surface area contributed by atoms with Crippen molar-refractivity contribution in [1.82, 2.24) is 15.5 Å². The van der Waals surface area contributed by atoms with Crippen molar-refractivity contribution in [1.29, 1.82) is 0 Å². The van der Waals surface area contributed by atoms with Crippen molar-refractivity contribution in [3.8, 4) is 0 Å². The minimum atomic E-state index is -0.634. The van der Waals surface area contributed by atoms with Gasteiger partial charge in [-0.2, -0.15) is 0 Å². The summed E-state index contributed by atoms with van der Waals surface area (Å²) in [6, 6.07) is -0.579. The molecule has 1 heterocycles. The lowest BCUT2D eigenvalue weighted by molar-refractivity contribution is -0.147. The molecular formula is C15H29N3O3. The van der Waals surface area contributed by atoms with Gasteiger partial charge in [0.25, 0.3) is 0 Å². The van der Waals surface area contributed by atoms with Crippen LogP contribution in [0.3, 0.4) is 0 Å². The summed E-state index contributed by atoms with van der Waals surface area (Å²) in [6.45, 7) is 11.2. The number of nitrogens with one attached hydrogen (secondary N) is 2. The summed E-state index contributed by atoms with van der Waals surface area (Å²) in [7, 11) is 1.35. The van der Waals surface area contributed by atoms with Crippen LogP contribution in [0.4, 0.5) is 0 Å². The van der Waals surface area contributed by atoms with Crippen LogP contribution in [0.25, 0.3) is 0 Å². The van der Waals surface area contributed by atoms with Gasteiger partial charge in [0, 0.05) is 26.2 Å². The van der Waals surface area contributed by atoms with Gasteiger partial charge in [-0.25, -0.2) is 4.79 Å². The summed E-state index contributed by atoms with van der Waals surface area (Å²) in [6.07, 6.45) is 0.579. The lowest BCUT2D eigenvalue weighted by atomic mass is 9.98. The molecule has 1 saturated heterocycles. The third-order valence-electron chi connectivity index (χ3n) is 3.96. The molecule has 6 heteroatoms. The van der Waals surface area contributed by atoms with Gasteiger partial charge in [-0.15, -0.1) is 0 Å². The van der Waals surface area contributed by atoms with Gasteiger partial charge in [-0.3, -0.25) is 9.69 Å². The minimum absolute atomic E-state index is 0.125. The molecule has 0 radical (unpaired) electrons. The van der Waals surface area contributed by atoms with Gasteiger partial charge in [-0.05, 0) is 26.2 Å². The third-order valence-corrected chi connectivity index (χ3v) is 3.96. The number of methoxy groups -OCH3 is 1. The van der Waals surface area contributed by atoms with Gasteiger partial charge >= 0.3 is 5.97 Å². The maximum atomic E-state index is 12.6. The molecule has 1 aliphatic rings. The van der Waals surface area contributed by atoms with Crippen LogP contribution < -0.4 is 10.6 Å². The fourth-order valence-corrected chi connectivity index (χ4v) is 2.53. The first-order valence-corrected chi connectivity index (χ1v) is 7.63. The Morgan fingerprint density at radius 1 is 1.29 bits per heavy atom.